The maximum atomic E-state index is 13.3. The molecule has 3 rings (SSSR count). The summed E-state index contributed by atoms with van der Waals surface area (Å²) in [5.74, 6) is -0.554. The van der Waals surface area contributed by atoms with Crippen LogP contribution in [0.1, 0.15) is 34.3 Å². The number of nitrogens with zero attached hydrogens (tertiary/aromatic N) is 2. The molecule has 2 aromatic rings. The van der Waals surface area contributed by atoms with Gasteiger partial charge in [-0.2, -0.15) is 4.31 Å². The number of pyridine rings is 1. The van der Waals surface area contributed by atoms with Gasteiger partial charge < -0.3 is 4.74 Å². The molecule has 1 aromatic carbocycles. The normalized spacial score (nSPS) is 14.5. The van der Waals surface area contributed by atoms with Crippen molar-refractivity contribution in [3.05, 3.63) is 59.4 Å². The molecule has 0 bridgehead atoms. The smallest absolute Gasteiger partial charge is 0.337 e. The van der Waals surface area contributed by atoms with E-state index in [1.54, 1.807) is 37.5 Å². The Morgan fingerprint density at radius 3 is 2.68 bits per heavy atom. The minimum atomic E-state index is -3.73. The van der Waals surface area contributed by atoms with Crippen LogP contribution in [0, 0.1) is 6.92 Å². The Hall–Kier alpha value is -2.25. The summed E-state index contributed by atoms with van der Waals surface area (Å²) in [6.07, 6.45) is 5.01. The van der Waals surface area contributed by atoms with Crippen LogP contribution in [0.2, 0.25) is 0 Å². The molecule has 1 aliphatic carbocycles. The molecule has 1 saturated carbocycles. The van der Waals surface area contributed by atoms with E-state index in [1.807, 2.05) is 6.07 Å². The molecule has 6 nitrogen and oxygen atoms in total. The van der Waals surface area contributed by atoms with Crippen LogP contribution in [-0.4, -0.2) is 36.8 Å². The van der Waals surface area contributed by atoms with E-state index < -0.39 is 16.0 Å². The van der Waals surface area contributed by atoms with Crippen molar-refractivity contribution in [3.63, 3.8) is 0 Å². The van der Waals surface area contributed by atoms with E-state index in [-0.39, 0.29) is 23.0 Å². The first-order valence-electron chi connectivity index (χ1n) is 8.03. The molecule has 0 atom stereocenters. The lowest BCUT2D eigenvalue weighted by molar-refractivity contribution is 0.0600. The van der Waals surface area contributed by atoms with E-state index in [0.717, 1.165) is 18.4 Å². The van der Waals surface area contributed by atoms with Crippen molar-refractivity contribution in [2.75, 3.05) is 7.11 Å². The zero-order chi connectivity index (χ0) is 18.0. The van der Waals surface area contributed by atoms with Gasteiger partial charge in [-0.15, -0.1) is 0 Å². The van der Waals surface area contributed by atoms with Gasteiger partial charge in [0.1, 0.15) is 0 Å². The average molecular weight is 360 g/mol. The predicted octanol–water partition coefficient (Wildman–Crippen LogP) is 2.53. The highest BCUT2D eigenvalue weighted by atomic mass is 32.2. The van der Waals surface area contributed by atoms with Crippen LogP contribution in [0.25, 0.3) is 0 Å². The molecule has 0 amide bonds. The summed E-state index contributed by atoms with van der Waals surface area (Å²) in [6.45, 7) is 1.99. The van der Waals surface area contributed by atoms with Gasteiger partial charge in [0.25, 0.3) is 0 Å². The molecule has 0 saturated heterocycles. The van der Waals surface area contributed by atoms with Crippen molar-refractivity contribution in [1.82, 2.24) is 9.29 Å². The lowest BCUT2D eigenvalue weighted by Gasteiger charge is -2.23. The number of benzene rings is 1. The fraction of sp³-hybridized carbons (Fsp3) is 0.333. The molecule has 1 heterocycles. The van der Waals surface area contributed by atoms with E-state index in [9.17, 15) is 13.2 Å². The predicted molar refractivity (Wildman–Crippen MR) is 92.5 cm³/mol. The Morgan fingerprint density at radius 1 is 1.32 bits per heavy atom. The molecule has 0 N–H and O–H groups in total. The van der Waals surface area contributed by atoms with Crippen molar-refractivity contribution in [3.8, 4) is 0 Å². The molecule has 0 aliphatic heterocycles. The summed E-state index contributed by atoms with van der Waals surface area (Å²) in [5.41, 5.74) is 1.66. The topological polar surface area (TPSA) is 76.6 Å². The van der Waals surface area contributed by atoms with E-state index in [1.165, 1.54) is 17.5 Å². The molecule has 0 radical (unpaired) electrons. The highest BCUT2D eigenvalue weighted by molar-refractivity contribution is 7.89. The van der Waals surface area contributed by atoms with Crippen LogP contribution >= 0.6 is 0 Å². The number of carbonyl (C=O) groups is 1. The van der Waals surface area contributed by atoms with Gasteiger partial charge in [0, 0.05) is 25.0 Å². The Bertz CT molecular complexity index is 877. The van der Waals surface area contributed by atoms with Gasteiger partial charge in [0.05, 0.1) is 17.6 Å². The third-order valence-corrected chi connectivity index (χ3v) is 6.25. The molecule has 25 heavy (non-hydrogen) atoms. The van der Waals surface area contributed by atoms with Gasteiger partial charge in [0.15, 0.2) is 0 Å². The zero-order valence-corrected chi connectivity index (χ0v) is 15.0. The summed E-state index contributed by atoms with van der Waals surface area (Å²) in [5, 5.41) is 0. The first kappa shape index (κ1) is 17.6. The summed E-state index contributed by atoms with van der Waals surface area (Å²) >= 11 is 0. The highest BCUT2D eigenvalue weighted by Crippen LogP contribution is 2.34. The van der Waals surface area contributed by atoms with E-state index in [4.69, 9.17) is 4.74 Å². The van der Waals surface area contributed by atoms with Gasteiger partial charge >= 0.3 is 5.97 Å². The number of aromatic nitrogens is 1. The van der Waals surface area contributed by atoms with E-state index in [0.29, 0.717) is 5.56 Å². The fourth-order valence-electron chi connectivity index (χ4n) is 2.69. The summed E-state index contributed by atoms with van der Waals surface area (Å²) in [6, 6.07) is 8.24. The number of sulfonamides is 1. The highest BCUT2D eigenvalue weighted by Gasteiger charge is 2.39. The van der Waals surface area contributed by atoms with Crippen molar-refractivity contribution in [2.45, 2.75) is 37.2 Å². The largest absolute Gasteiger partial charge is 0.465 e. The van der Waals surface area contributed by atoms with Gasteiger partial charge in [-0.25, -0.2) is 13.2 Å². The molecule has 1 aromatic heterocycles. The second-order valence-electron chi connectivity index (χ2n) is 6.11. The van der Waals surface area contributed by atoms with Crippen LogP contribution in [0.3, 0.4) is 0 Å². The Morgan fingerprint density at radius 2 is 2.08 bits per heavy atom. The molecular weight excluding hydrogens is 340 g/mol. The lowest BCUT2D eigenvalue weighted by atomic mass is 10.1. The zero-order valence-electron chi connectivity index (χ0n) is 14.2. The molecule has 1 fully saturated rings. The molecular formula is C18H20N2O4S. The number of hydrogen-bond acceptors (Lipinski definition) is 5. The van der Waals surface area contributed by atoms with Gasteiger partial charge in [0.2, 0.25) is 10.0 Å². The molecule has 1 aliphatic rings. The first-order chi connectivity index (χ1) is 11.9. The maximum absolute atomic E-state index is 13.3. The molecule has 132 valence electrons. The maximum Gasteiger partial charge on any atom is 0.337 e. The summed E-state index contributed by atoms with van der Waals surface area (Å²) in [4.78, 5) is 16.0. The Kier molecular flexibility index (Phi) is 4.87. The summed E-state index contributed by atoms with van der Waals surface area (Å²) < 4.78 is 32.7. The number of aryl methyl sites for hydroxylation is 1. The second kappa shape index (κ2) is 6.93. The Balaban J connectivity index is 2.00. The third-order valence-electron chi connectivity index (χ3n) is 4.21. The number of hydrogen-bond donors (Lipinski definition) is 0. The average Bonchev–Trinajstić information content (AvgIpc) is 3.45. The fourth-order valence-corrected chi connectivity index (χ4v) is 4.62. The monoisotopic (exact) mass is 360 g/mol. The Labute approximate surface area is 147 Å². The minimum Gasteiger partial charge on any atom is -0.465 e. The SMILES string of the molecule is COC(=O)c1ccc(C)c(S(=O)(=O)N(Cc2cccnc2)C2CC2)c1. The summed E-state index contributed by atoms with van der Waals surface area (Å²) in [7, 11) is -2.46. The lowest BCUT2D eigenvalue weighted by Crippen LogP contribution is -2.33. The van der Waals surface area contributed by atoms with Crippen LogP contribution < -0.4 is 0 Å². The van der Waals surface area contributed by atoms with Crippen LogP contribution in [0.5, 0.6) is 0 Å². The number of rotatable bonds is 6. The van der Waals surface area contributed by atoms with E-state index in [2.05, 4.69) is 4.98 Å². The van der Waals surface area contributed by atoms with Crippen LogP contribution in [0.4, 0.5) is 0 Å². The first-order valence-corrected chi connectivity index (χ1v) is 9.47. The number of methoxy groups -OCH3 is 1. The number of carbonyl (C=O) groups excluding carboxylic acids is 1. The molecule has 7 heteroatoms. The van der Waals surface area contributed by atoms with Crippen molar-refractivity contribution in [1.29, 1.82) is 0 Å². The van der Waals surface area contributed by atoms with Crippen molar-refractivity contribution >= 4 is 16.0 Å². The molecule has 0 unspecified atom stereocenters. The van der Waals surface area contributed by atoms with E-state index >= 15 is 0 Å². The van der Waals surface area contributed by atoms with Gasteiger partial charge in [-0.1, -0.05) is 12.1 Å². The quantitative estimate of drug-likeness (QED) is 0.740. The van der Waals surface area contributed by atoms with Gasteiger partial charge in [-0.3, -0.25) is 4.98 Å². The van der Waals surface area contributed by atoms with Crippen molar-refractivity contribution < 1.29 is 17.9 Å². The molecule has 0 spiro atoms. The number of ether oxygens (including phenoxy) is 1. The van der Waals surface area contributed by atoms with Crippen LogP contribution in [0.15, 0.2) is 47.6 Å². The van der Waals surface area contributed by atoms with Crippen LogP contribution in [-0.2, 0) is 21.3 Å². The standard InChI is InChI=1S/C18H20N2O4S/c1-13-5-6-15(18(21)24-2)10-17(13)25(22,23)20(16-7-8-16)12-14-4-3-9-19-11-14/h3-6,9-11,16H,7-8,12H2,1-2H3. The third kappa shape index (κ3) is 3.72. The second-order valence-corrected chi connectivity index (χ2v) is 7.97. The minimum absolute atomic E-state index is 0.00797. The number of esters is 1. The van der Waals surface area contributed by atoms with Crippen molar-refractivity contribution in [2.24, 2.45) is 0 Å². The van der Waals surface area contributed by atoms with Gasteiger partial charge in [-0.05, 0) is 49.1 Å².